The van der Waals surface area contributed by atoms with Crippen molar-refractivity contribution in [2.24, 2.45) is 11.8 Å². The van der Waals surface area contributed by atoms with Crippen LogP contribution in [0.1, 0.15) is 51.9 Å². The van der Waals surface area contributed by atoms with Gasteiger partial charge in [-0.05, 0) is 38.0 Å². The lowest BCUT2D eigenvalue weighted by atomic mass is 9.90. The van der Waals surface area contributed by atoms with Crippen LogP contribution in [0.25, 0.3) is 0 Å². The summed E-state index contributed by atoms with van der Waals surface area (Å²) in [5.41, 5.74) is 0. The number of aliphatic carboxylic acids is 1. The third kappa shape index (κ3) is 3.62. The minimum Gasteiger partial charge on any atom is -0.481 e. The minimum absolute atomic E-state index is 0.229. The highest BCUT2D eigenvalue weighted by atomic mass is 16.4. The summed E-state index contributed by atoms with van der Waals surface area (Å²) in [7, 11) is 0. The van der Waals surface area contributed by atoms with E-state index < -0.39 is 5.97 Å². The molecule has 5 nitrogen and oxygen atoms in total. The molecule has 3 aliphatic rings. The number of amides is 1. The van der Waals surface area contributed by atoms with Crippen LogP contribution in [-0.4, -0.2) is 58.5 Å². The van der Waals surface area contributed by atoms with E-state index in [1.165, 1.54) is 12.8 Å². The standard InChI is InChI=1S/C17H28N2O3/c1-12-8-13(17(21)22)10-18(9-12)11-16(20)19(15-6-7-15)14-4-2-3-5-14/h12-15H,2-11H2,1H3,(H,21,22). The lowest BCUT2D eigenvalue weighted by molar-refractivity contribution is -0.146. The fraction of sp³-hybridized carbons (Fsp3) is 0.882. The van der Waals surface area contributed by atoms with Gasteiger partial charge in [0.1, 0.15) is 0 Å². The van der Waals surface area contributed by atoms with Gasteiger partial charge in [0.05, 0.1) is 12.5 Å². The number of carbonyl (C=O) groups is 2. The van der Waals surface area contributed by atoms with Gasteiger partial charge in [0, 0.05) is 25.2 Å². The zero-order chi connectivity index (χ0) is 15.7. The molecular formula is C17H28N2O3. The second-order valence-corrected chi connectivity index (χ2v) is 7.54. The molecule has 1 heterocycles. The number of hydrogen-bond donors (Lipinski definition) is 1. The molecule has 0 spiro atoms. The Kier molecular flexibility index (Phi) is 4.71. The van der Waals surface area contributed by atoms with Crippen LogP contribution in [0.15, 0.2) is 0 Å². The van der Waals surface area contributed by atoms with Crippen LogP contribution in [-0.2, 0) is 9.59 Å². The van der Waals surface area contributed by atoms with Crippen molar-refractivity contribution in [3.63, 3.8) is 0 Å². The van der Waals surface area contributed by atoms with Crippen molar-refractivity contribution in [3.05, 3.63) is 0 Å². The first-order valence-electron chi connectivity index (χ1n) is 8.81. The molecule has 0 aromatic carbocycles. The zero-order valence-corrected chi connectivity index (χ0v) is 13.5. The molecule has 1 N–H and O–H groups in total. The molecule has 22 heavy (non-hydrogen) atoms. The van der Waals surface area contributed by atoms with Crippen LogP contribution in [0, 0.1) is 11.8 Å². The highest BCUT2D eigenvalue weighted by molar-refractivity contribution is 5.79. The number of likely N-dealkylation sites (tertiary alicyclic amines) is 1. The van der Waals surface area contributed by atoms with Crippen LogP contribution in [0.4, 0.5) is 0 Å². The molecular weight excluding hydrogens is 280 g/mol. The molecule has 2 saturated carbocycles. The van der Waals surface area contributed by atoms with Gasteiger partial charge in [-0.3, -0.25) is 14.5 Å². The second kappa shape index (κ2) is 6.57. The molecule has 3 fully saturated rings. The molecule has 5 heteroatoms. The maximum atomic E-state index is 12.8. The van der Waals surface area contributed by atoms with E-state index in [2.05, 4.69) is 16.7 Å². The third-order valence-electron chi connectivity index (χ3n) is 5.39. The van der Waals surface area contributed by atoms with E-state index in [1.807, 2.05) is 0 Å². The van der Waals surface area contributed by atoms with Gasteiger partial charge >= 0.3 is 5.97 Å². The number of carboxylic acids is 1. The van der Waals surface area contributed by atoms with Gasteiger partial charge in [-0.2, -0.15) is 0 Å². The summed E-state index contributed by atoms with van der Waals surface area (Å²) >= 11 is 0. The van der Waals surface area contributed by atoms with Crippen molar-refractivity contribution in [1.29, 1.82) is 0 Å². The molecule has 2 unspecified atom stereocenters. The molecule has 2 aliphatic carbocycles. The van der Waals surface area contributed by atoms with Gasteiger partial charge in [0.15, 0.2) is 0 Å². The largest absolute Gasteiger partial charge is 0.481 e. The van der Waals surface area contributed by atoms with E-state index in [4.69, 9.17) is 0 Å². The van der Waals surface area contributed by atoms with E-state index in [0.29, 0.717) is 31.1 Å². The van der Waals surface area contributed by atoms with Crippen LogP contribution < -0.4 is 0 Å². The van der Waals surface area contributed by atoms with Crippen molar-refractivity contribution >= 4 is 11.9 Å². The van der Waals surface area contributed by atoms with E-state index in [-0.39, 0.29) is 11.8 Å². The fourth-order valence-electron chi connectivity index (χ4n) is 4.28. The Hall–Kier alpha value is -1.10. The van der Waals surface area contributed by atoms with E-state index in [0.717, 1.165) is 38.6 Å². The number of hydrogen-bond acceptors (Lipinski definition) is 3. The highest BCUT2D eigenvalue weighted by Crippen LogP contribution is 2.34. The third-order valence-corrected chi connectivity index (χ3v) is 5.39. The van der Waals surface area contributed by atoms with E-state index >= 15 is 0 Å². The Labute approximate surface area is 132 Å². The summed E-state index contributed by atoms with van der Waals surface area (Å²) < 4.78 is 0. The summed E-state index contributed by atoms with van der Waals surface area (Å²) in [6.07, 6.45) is 7.81. The summed E-state index contributed by atoms with van der Waals surface area (Å²) in [5.74, 6) is -0.465. The highest BCUT2D eigenvalue weighted by Gasteiger charge is 2.39. The first-order valence-corrected chi connectivity index (χ1v) is 8.81. The van der Waals surface area contributed by atoms with Crippen LogP contribution in [0.3, 0.4) is 0 Å². The molecule has 0 aromatic rings. The Bertz CT molecular complexity index is 430. The Morgan fingerprint density at radius 1 is 1.09 bits per heavy atom. The van der Waals surface area contributed by atoms with Crippen molar-refractivity contribution < 1.29 is 14.7 Å². The quantitative estimate of drug-likeness (QED) is 0.843. The number of carboxylic acid groups (broad SMARTS) is 1. The maximum absolute atomic E-state index is 12.8. The molecule has 2 atom stereocenters. The lowest BCUT2D eigenvalue weighted by Crippen LogP contribution is -2.50. The molecule has 0 radical (unpaired) electrons. The van der Waals surface area contributed by atoms with Crippen molar-refractivity contribution in [2.45, 2.75) is 64.0 Å². The topological polar surface area (TPSA) is 60.9 Å². The van der Waals surface area contributed by atoms with Gasteiger partial charge < -0.3 is 10.0 Å². The van der Waals surface area contributed by atoms with Gasteiger partial charge in [0.2, 0.25) is 5.91 Å². The summed E-state index contributed by atoms with van der Waals surface area (Å²) in [4.78, 5) is 28.3. The average Bonchev–Trinajstić information content (AvgIpc) is 3.12. The normalized spacial score (nSPS) is 30.4. The van der Waals surface area contributed by atoms with E-state index in [1.54, 1.807) is 0 Å². The number of rotatable bonds is 5. The smallest absolute Gasteiger partial charge is 0.307 e. The summed E-state index contributed by atoms with van der Waals surface area (Å²) in [5, 5.41) is 9.27. The SMILES string of the molecule is CC1CC(C(=O)O)CN(CC(=O)N(C2CCCC2)C2CC2)C1. The van der Waals surface area contributed by atoms with Crippen molar-refractivity contribution in [3.8, 4) is 0 Å². The number of nitrogens with zero attached hydrogens (tertiary/aromatic N) is 2. The predicted octanol–water partition coefficient (Wildman–Crippen LogP) is 1.96. The van der Waals surface area contributed by atoms with Gasteiger partial charge in [-0.15, -0.1) is 0 Å². The predicted molar refractivity (Wildman–Crippen MR) is 83.5 cm³/mol. The van der Waals surface area contributed by atoms with E-state index in [9.17, 15) is 14.7 Å². The lowest BCUT2D eigenvalue weighted by Gasteiger charge is -2.37. The van der Waals surface area contributed by atoms with Gasteiger partial charge in [-0.1, -0.05) is 19.8 Å². The van der Waals surface area contributed by atoms with Gasteiger partial charge in [0.25, 0.3) is 0 Å². The zero-order valence-electron chi connectivity index (χ0n) is 13.5. The summed E-state index contributed by atoms with van der Waals surface area (Å²) in [6.45, 7) is 3.86. The minimum atomic E-state index is -0.723. The molecule has 1 aliphatic heterocycles. The average molecular weight is 308 g/mol. The Balaban J connectivity index is 1.60. The maximum Gasteiger partial charge on any atom is 0.307 e. The first-order chi connectivity index (χ1) is 10.5. The molecule has 0 bridgehead atoms. The van der Waals surface area contributed by atoms with Crippen molar-refractivity contribution in [1.82, 2.24) is 9.80 Å². The molecule has 1 amide bonds. The number of carbonyl (C=O) groups excluding carboxylic acids is 1. The summed E-state index contributed by atoms with van der Waals surface area (Å²) in [6, 6.07) is 0.908. The van der Waals surface area contributed by atoms with Crippen LogP contribution >= 0.6 is 0 Å². The van der Waals surface area contributed by atoms with Crippen LogP contribution in [0.2, 0.25) is 0 Å². The Morgan fingerprint density at radius 3 is 2.32 bits per heavy atom. The van der Waals surface area contributed by atoms with Gasteiger partial charge in [-0.25, -0.2) is 0 Å². The number of piperidine rings is 1. The van der Waals surface area contributed by atoms with Crippen molar-refractivity contribution in [2.75, 3.05) is 19.6 Å². The second-order valence-electron chi connectivity index (χ2n) is 7.54. The fourth-order valence-corrected chi connectivity index (χ4v) is 4.28. The first kappa shape index (κ1) is 15.8. The Morgan fingerprint density at radius 2 is 1.73 bits per heavy atom. The molecule has 1 saturated heterocycles. The van der Waals surface area contributed by atoms with Crippen LogP contribution in [0.5, 0.6) is 0 Å². The molecule has 124 valence electrons. The molecule has 0 aromatic heterocycles. The molecule has 3 rings (SSSR count). The monoisotopic (exact) mass is 308 g/mol.